The van der Waals surface area contributed by atoms with Crippen LogP contribution in [0.25, 0.3) is 22.2 Å². The molecule has 0 saturated carbocycles. The van der Waals surface area contributed by atoms with Crippen LogP contribution in [0.2, 0.25) is 0 Å². The summed E-state index contributed by atoms with van der Waals surface area (Å²) >= 11 is 6.86. The molecule has 128 valence electrons. The molecule has 0 aliphatic rings. The Bertz CT molecular complexity index is 1130. The van der Waals surface area contributed by atoms with Crippen LogP contribution in [0.1, 0.15) is 5.69 Å². The van der Waals surface area contributed by atoms with Gasteiger partial charge in [-0.2, -0.15) is 0 Å². The smallest absolute Gasteiger partial charge is 0.312 e. The third-order valence-electron chi connectivity index (χ3n) is 3.89. The maximum atomic E-state index is 10.1. The molecular weight excluding hydrogens is 460 g/mol. The third-order valence-corrected chi connectivity index (χ3v) is 5.02. The van der Waals surface area contributed by atoms with Crippen molar-refractivity contribution in [3.8, 4) is 17.4 Å². The number of benzene rings is 3. The van der Waals surface area contributed by atoms with Crippen molar-refractivity contribution in [3.05, 3.63) is 75.3 Å². The second-order valence-corrected chi connectivity index (χ2v) is 7.36. The maximum Gasteiger partial charge on any atom is 0.312 e. The molecule has 0 bridgehead atoms. The van der Waals surface area contributed by atoms with E-state index in [0.717, 1.165) is 31.0 Å². The van der Waals surface area contributed by atoms with Crippen LogP contribution in [0.3, 0.4) is 0 Å². The number of aromatic hydroxyl groups is 1. The zero-order valence-electron chi connectivity index (χ0n) is 13.4. The third kappa shape index (κ3) is 3.30. The molecule has 1 heterocycles. The number of rotatable bonds is 3. The normalized spacial score (nSPS) is 11.5. The van der Waals surface area contributed by atoms with E-state index in [1.54, 1.807) is 0 Å². The fourth-order valence-electron chi connectivity index (χ4n) is 2.65. The molecule has 4 rings (SSSR count). The van der Waals surface area contributed by atoms with Gasteiger partial charge in [-0.3, -0.25) is 4.99 Å². The van der Waals surface area contributed by atoms with Crippen molar-refractivity contribution in [2.24, 2.45) is 4.99 Å². The SMILES string of the molecule is Oc1oc(-c2cccc3ccccc23)nc1C=Nc1ccc(Br)cc1Br. The average molecular weight is 472 g/mol. The molecule has 0 atom stereocenters. The highest BCUT2D eigenvalue weighted by Crippen LogP contribution is 2.32. The molecule has 0 aliphatic carbocycles. The van der Waals surface area contributed by atoms with Gasteiger partial charge in [-0.05, 0) is 51.0 Å². The first-order chi connectivity index (χ1) is 12.6. The number of oxazole rings is 1. The Hall–Kier alpha value is -2.44. The van der Waals surface area contributed by atoms with Gasteiger partial charge in [0.05, 0.1) is 11.9 Å². The first-order valence-electron chi connectivity index (χ1n) is 7.79. The largest absolute Gasteiger partial charge is 0.479 e. The summed E-state index contributed by atoms with van der Waals surface area (Å²) in [7, 11) is 0. The molecule has 1 N–H and O–H groups in total. The Balaban J connectivity index is 1.72. The van der Waals surface area contributed by atoms with Gasteiger partial charge in [0.1, 0.15) is 0 Å². The van der Waals surface area contributed by atoms with Crippen molar-refractivity contribution >= 4 is 54.5 Å². The molecular formula is C20H12Br2N2O2. The van der Waals surface area contributed by atoms with Gasteiger partial charge in [0.25, 0.3) is 0 Å². The van der Waals surface area contributed by atoms with Crippen molar-refractivity contribution in [3.63, 3.8) is 0 Å². The standard InChI is InChI=1S/C20H12Br2N2O2/c21-13-8-9-17(16(22)10-13)23-11-18-20(25)26-19(24-18)15-7-3-5-12-4-1-2-6-14(12)15/h1-11,25H. The van der Waals surface area contributed by atoms with E-state index in [9.17, 15) is 5.11 Å². The van der Waals surface area contributed by atoms with Crippen molar-refractivity contribution in [2.45, 2.75) is 0 Å². The highest BCUT2D eigenvalue weighted by atomic mass is 79.9. The minimum atomic E-state index is -0.259. The van der Waals surface area contributed by atoms with E-state index in [2.05, 4.69) is 41.8 Å². The summed E-state index contributed by atoms with van der Waals surface area (Å²) in [5, 5.41) is 12.2. The summed E-state index contributed by atoms with van der Waals surface area (Å²) in [6.45, 7) is 0. The van der Waals surface area contributed by atoms with E-state index in [1.807, 2.05) is 60.7 Å². The summed E-state index contributed by atoms with van der Waals surface area (Å²) in [6.07, 6.45) is 1.49. The van der Waals surface area contributed by atoms with E-state index >= 15 is 0 Å². The van der Waals surface area contributed by atoms with E-state index in [4.69, 9.17) is 4.42 Å². The number of hydrogen-bond donors (Lipinski definition) is 1. The minimum Gasteiger partial charge on any atom is -0.479 e. The summed E-state index contributed by atoms with van der Waals surface area (Å²) < 4.78 is 7.26. The van der Waals surface area contributed by atoms with Gasteiger partial charge in [-0.25, -0.2) is 4.98 Å². The second kappa shape index (κ2) is 7.05. The number of fused-ring (bicyclic) bond motifs is 1. The van der Waals surface area contributed by atoms with Crippen LogP contribution in [0.15, 0.2) is 79.0 Å². The lowest BCUT2D eigenvalue weighted by Gasteiger charge is -2.01. The zero-order valence-corrected chi connectivity index (χ0v) is 16.5. The first-order valence-corrected chi connectivity index (χ1v) is 9.37. The maximum absolute atomic E-state index is 10.1. The molecule has 0 unspecified atom stereocenters. The van der Waals surface area contributed by atoms with Gasteiger partial charge in [0, 0.05) is 14.5 Å². The molecule has 0 saturated heterocycles. The molecule has 0 fully saturated rings. The monoisotopic (exact) mass is 470 g/mol. The molecule has 0 amide bonds. The Morgan fingerprint density at radius 2 is 1.81 bits per heavy atom. The predicted molar refractivity (Wildman–Crippen MR) is 110 cm³/mol. The number of halogens is 2. The van der Waals surface area contributed by atoms with Crippen LogP contribution in [-0.4, -0.2) is 16.3 Å². The summed E-state index contributed by atoms with van der Waals surface area (Å²) in [5.41, 5.74) is 1.83. The molecule has 4 nitrogen and oxygen atoms in total. The lowest BCUT2D eigenvalue weighted by atomic mass is 10.0. The van der Waals surface area contributed by atoms with Crippen molar-refractivity contribution in [1.82, 2.24) is 4.98 Å². The Kier molecular flexibility index (Phi) is 4.61. The fraction of sp³-hybridized carbons (Fsp3) is 0. The molecule has 0 spiro atoms. The molecule has 0 radical (unpaired) electrons. The number of aromatic nitrogens is 1. The van der Waals surface area contributed by atoms with E-state index in [0.29, 0.717) is 5.89 Å². The van der Waals surface area contributed by atoms with Crippen LogP contribution < -0.4 is 0 Å². The van der Waals surface area contributed by atoms with Crippen molar-refractivity contribution in [1.29, 1.82) is 0 Å². The highest BCUT2D eigenvalue weighted by Gasteiger charge is 2.14. The summed E-state index contributed by atoms with van der Waals surface area (Å²) in [6, 6.07) is 19.5. The number of hydrogen-bond acceptors (Lipinski definition) is 4. The van der Waals surface area contributed by atoms with Gasteiger partial charge >= 0.3 is 5.95 Å². The fourth-order valence-corrected chi connectivity index (χ4v) is 3.80. The van der Waals surface area contributed by atoms with Crippen LogP contribution in [0.5, 0.6) is 5.95 Å². The average Bonchev–Trinajstić information content (AvgIpc) is 3.01. The van der Waals surface area contributed by atoms with Crippen LogP contribution in [0.4, 0.5) is 5.69 Å². The highest BCUT2D eigenvalue weighted by molar-refractivity contribution is 9.11. The molecule has 0 aliphatic heterocycles. The van der Waals surface area contributed by atoms with Crippen LogP contribution in [-0.2, 0) is 0 Å². The topological polar surface area (TPSA) is 58.6 Å². The van der Waals surface area contributed by atoms with Crippen LogP contribution in [0, 0.1) is 0 Å². The summed E-state index contributed by atoms with van der Waals surface area (Å²) in [5.74, 6) is 0.0977. The molecule has 6 heteroatoms. The van der Waals surface area contributed by atoms with E-state index in [-0.39, 0.29) is 11.6 Å². The number of nitrogens with zero attached hydrogens (tertiary/aromatic N) is 2. The molecule has 4 aromatic rings. The second-order valence-electron chi connectivity index (χ2n) is 5.59. The first kappa shape index (κ1) is 17.0. The quantitative estimate of drug-likeness (QED) is 0.348. The molecule has 1 aromatic heterocycles. The van der Waals surface area contributed by atoms with Crippen molar-refractivity contribution in [2.75, 3.05) is 0 Å². The van der Waals surface area contributed by atoms with Gasteiger partial charge in [0.2, 0.25) is 5.89 Å². The number of aliphatic imine (C=N–C) groups is 1. The zero-order chi connectivity index (χ0) is 18.1. The predicted octanol–water partition coefficient (Wildman–Crippen LogP) is 6.48. The van der Waals surface area contributed by atoms with E-state index in [1.165, 1.54) is 6.21 Å². The molecule has 3 aromatic carbocycles. The van der Waals surface area contributed by atoms with Gasteiger partial charge in [0.15, 0.2) is 5.69 Å². The molecule has 26 heavy (non-hydrogen) atoms. The van der Waals surface area contributed by atoms with Gasteiger partial charge in [-0.1, -0.05) is 52.3 Å². The Morgan fingerprint density at radius 3 is 2.65 bits per heavy atom. The summed E-state index contributed by atoms with van der Waals surface area (Å²) in [4.78, 5) is 8.77. The van der Waals surface area contributed by atoms with Gasteiger partial charge in [-0.15, -0.1) is 0 Å². The van der Waals surface area contributed by atoms with Crippen molar-refractivity contribution < 1.29 is 9.52 Å². The van der Waals surface area contributed by atoms with Gasteiger partial charge < -0.3 is 9.52 Å². The lowest BCUT2D eigenvalue weighted by molar-refractivity contribution is 0.337. The Labute approximate surface area is 166 Å². The van der Waals surface area contributed by atoms with E-state index < -0.39 is 0 Å². The van der Waals surface area contributed by atoms with Crippen LogP contribution >= 0.6 is 31.9 Å². The Morgan fingerprint density at radius 1 is 1.00 bits per heavy atom. The lowest BCUT2D eigenvalue weighted by Crippen LogP contribution is -1.84. The minimum absolute atomic E-state index is 0.259.